The van der Waals surface area contributed by atoms with Crippen LogP contribution in [0.4, 0.5) is 5.69 Å². The minimum Gasteiger partial charge on any atom is -0.376 e. The third kappa shape index (κ3) is 5.37. The maximum Gasteiger partial charge on any atom is 0.192 e. The number of aromatic nitrogens is 3. The van der Waals surface area contributed by atoms with Gasteiger partial charge in [0.15, 0.2) is 11.8 Å². The van der Waals surface area contributed by atoms with Gasteiger partial charge >= 0.3 is 0 Å². The van der Waals surface area contributed by atoms with E-state index >= 15 is 0 Å². The maximum atomic E-state index is 9.49. The fourth-order valence-electron chi connectivity index (χ4n) is 4.26. The maximum absolute atomic E-state index is 9.49. The first kappa shape index (κ1) is 22.1. The molecule has 170 valence electrons. The summed E-state index contributed by atoms with van der Waals surface area (Å²) in [6.07, 6.45) is 4.52. The summed E-state index contributed by atoms with van der Waals surface area (Å²) in [7, 11) is 1.96. The summed E-state index contributed by atoms with van der Waals surface area (Å²) in [5.41, 5.74) is 1.72. The predicted octanol–water partition coefficient (Wildman–Crippen LogP) is 1.88. The lowest BCUT2D eigenvalue weighted by molar-refractivity contribution is 0.113. The van der Waals surface area contributed by atoms with Crippen LogP contribution < -0.4 is 15.5 Å². The lowest BCUT2D eigenvalue weighted by atomic mass is 10.0. The van der Waals surface area contributed by atoms with Gasteiger partial charge in [-0.3, -0.25) is 0 Å². The Labute approximate surface area is 189 Å². The molecule has 2 aromatic rings. The first-order valence-corrected chi connectivity index (χ1v) is 11.4. The molecule has 9 nitrogen and oxygen atoms in total. The SMILES string of the molecule is Cc1nnc(CN=C(NCC2CCCO2)NC2CCCN(c3ccccc3C#N)C2)n1C. The second-order valence-electron chi connectivity index (χ2n) is 8.46. The third-order valence-electron chi connectivity index (χ3n) is 6.21. The van der Waals surface area contributed by atoms with E-state index in [1.807, 2.05) is 42.8 Å². The van der Waals surface area contributed by atoms with Gasteiger partial charge in [-0.05, 0) is 44.7 Å². The summed E-state index contributed by atoms with van der Waals surface area (Å²) < 4.78 is 7.73. The molecule has 0 aliphatic carbocycles. The lowest BCUT2D eigenvalue weighted by Gasteiger charge is -2.36. The number of hydrogen-bond acceptors (Lipinski definition) is 6. The van der Waals surface area contributed by atoms with Crippen LogP contribution in [0.3, 0.4) is 0 Å². The molecule has 3 heterocycles. The molecular weight excluding hydrogens is 404 g/mol. The van der Waals surface area contributed by atoms with Gasteiger partial charge in [-0.1, -0.05) is 12.1 Å². The highest BCUT2D eigenvalue weighted by Gasteiger charge is 2.23. The van der Waals surface area contributed by atoms with Crippen LogP contribution in [-0.4, -0.2) is 59.1 Å². The number of guanidine groups is 1. The molecule has 2 saturated heterocycles. The molecule has 0 amide bonds. The quantitative estimate of drug-likeness (QED) is 0.526. The van der Waals surface area contributed by atoms with E-state index in [4.69, 9.17) is 9.73 Å². The summed E-state index contributed by atoms with van der Waals surface area (Å²) >= 11 is 0. The van der Waals surface area contributed by atoms with Crippen molar-refractivity contribution in [3.05, 3.63) is 41.5 Å². The number of para-hydroxylation sites is 1. The van der Waals surface area contributed by atoms with Crippen LogP contribution in [0.25, 0.3) is 0 Å². The van der Waals surface area contributed by atoms with Crippen LogP contribution in [0.1, 0.15) is 42.9 Å². The van der Waals surface area contributed by atoms with E-state index in [-0.39, 0.29) is 12.1 Å². The number of benzene rings is 1. The van der Waals surface area contributed by atoms with Crippen molar-refractivity contribution in [2.45, 2.75) is 51.3 Å². The fraction of sp³-hybridized carbons (Fsp3) is 0.565. The van der Waals surface area contributed by atoms with Gasteiger partial charge in [-0.15, -0.1) is 10.2 Å². The number of nitrogens with zero attached hydrogens (tertiary/aromatic N) is 6. The molecule has 2 atom stereocenters. The van der Waals surface area contributed by atoms with Gasteiger partial charge in [0.1, 0.15) is 18.4 Å². The fourth-order valence-corrected chi connectivity index (χ4v) is 4.26. The van der Waals surface area contributed by atoms with Crippen molar-refractivity contribution in [1.29, 1.82) is 5.26 Å². The first-order chi connectivity index (χ1) is 15.6. The molecule has 1 aromatic carbocycles. The topological polar surface area (TPSA) is 103 Å². The number of nitriles is 1. The summed E-state index contributed by atoms with van der Waals surface area (Å²) in [6, 6.07) is 10.4. The predicted molar refractivity (Wildman–Crippen MR) is 123 cm³/mol. The molecule has 32 heavy (non-hydrogen) atoms. The molecule has 0 saturated carbocycles. The van der Waals surface area contributed by atoms with Crippen molar-refractivity contribution < 1.29 is 4.74 Å². The smallest absolute Gasteiger partial charge is 0.192 e. The molecule has 0 spiro atoms. The number of aliphatic imine (C=N–C) groups is 1. The van der Waals surface area contributed by atoms with E-state index < -0.39 is 0 Å². The number of aryl methyl sites for hydroxylation is 1. The van der Waals surface area contributed by atoms with Crippen molar-refractivity contribution in [2.24, 2.45) is 12.0 Å². The van der Waals surface area contributed by atoms with Crippen molar-refractivity contribution >= 4 is 11.6 Å². The summed E-state index contributed by atoms with van der Waals surface area (Å²) in [6.45, 7) is 5.72. The number of piperidine rings is 1. The number of anilines is 1. The average Bonchev–Trinajstić information content (AvgIpc) is 3.46. The largest absolute Gasteiger partial charge is 0.376 e. The molecule has 2 unspecified atom stereocenters. The van der Waals surface area contributed by atoms with Gasteiger partial charge in [0.05, 0.1) is 17.4 Å². The van der Waals surface area contributed by atoms with Gasteiger partial charge in [0.25, 0.3) is 0 Å². The Kier molecular flexibility index (Phi) is 7.22. The second kappa shape index (κ2) is 10.5. The standard InChI is InChI=1S/C23H32N8O/c1-17-28-29-22(30(17)2)15-26-23(25-14-20-9-6-12-32-20)27-19-8-5-11-31(16-19)21-10-4-3-7-18(21)13-24/h3-4,7,10,19-20H,5-6,8-9,11-12,14-16H2,1-2H3,(H2,25,26,27). The van der Waals surface area contributed by atoms with Crippen molar-refractivity contribution in [3.8, 4) is 6.07 Å². The van der Waals surface area contributed by atoms with Crippen molar-refractivity contribution in [3.63, 3.8) is 0 Å². The van der Waals surface area contributed by atoms with Gasteiger partial charge in [0, 0.05) is 39.3 Å². The number of hydrogen-bond donors (Lipinski definition) is 2. The average molecular weight is 437 g/mol. The van der Waals surface area contributed by atoms with Crippen molar-refractivity contribution in [2.75, 3.05) is 31.1 Å². The van der Waals surface area contributed by atoms with Gasteiger partial charge in [-0.2, -0.15) is 5.26 Å². The Morgan fingerprint density at radius 1 is 1.28 bits per heavy atom. The summed E-state index contributed by atoms with van der Waals surface area (Å²) in [5, 5.41) is 24.9. The zero-order chi connectivity index (χ0) is 22.3. The molecular formula is C23H32N8O. The highest BCUT2D eigenvalue weighted by molar-refractivity contribution is 5.80. The molecule has 2 aliphatic rings. The lowest BCUT2D eigenvalue weighted by Crippen LogP contribution is -2.52. The zero-order valence-electron chi connectivity index (χ0n) is 18.9. The van der Waals surface area contributed by atoms with Crippen LogP contribution in [0.2, 0.25) is 0 Å². The Bertz CT molecular complexity index is 973. The molecule has 2 N–H and O–H groups in total. The zero-order valence-corrected chi connectivity index (χ0v) is 18.9. The highest BCUT2D eigenvalue weighted by Crippen LogP contribution is 2.23. The van der Waals surface area contributed by atoms with E-state index in [9.17, 15) is 5.26 Å². The monoisotopic (exact) mass is 436 g/mol. The Morgan fingerprint density at radius 3 is 2.91 bits per heavy atom. The van der Waals surface area contributed by atoms with Crippen LogP contribution in [0, 0.1) is 18.3 Å². The van der Waals surface area contributed by atoms with Crippen LogP contribution in [-0.2, 0) is 18.3 Å². The highest BCUT2D eigenvalue weighted by atomic mass is 16.5. The Balaban J connectivity index is 1.44. The summed E-state index contributed by atoms with van der Waals surface area (Å²) in [4.78, 5) is 7.09. The number of ether oxygens (including phenoxy) is 1. The molecule has 0 radical (unpaired) electrons. The van der Waals surface area contributed by atoms with E-state index in [1.165, 1.54) is 0 Å². The van der Waals surface area contributed by atoms with Crippen molar-refractivity contribution in [1.82, 2.24) is 25.4 Å². The molecule has 0 bridgehead atoms. The van der Waals surface area contributed by atoms with Gasteiger partial charge in [0.2, 0.25) is 0 Å². The van der Waals surface area contributed by atoms with Crippen LogP contribution in [0.15, 0.2) is 29.3 Å². The molecule has 4 rings (SSSR count). The van der Waals surface area contributed by atoms with Gasteiger partial charge < -0.3 is 24.8 Å². The van der Waals surface area contributed by atoms with Gasteiger partial charge in [-0.25, -0.2) is 4.99 Å². The van der Waals surface area contributed by atoms with Crippen LogP contribution >= 0.6 is 0 Å². The second-order valence-corrected chi connectivity index (χ2v) is 8.46. The Hall–Kier alpha value is -3.12. The van der Waals surface area contributed by atoms with E-state index in [1.54, 1.807) is 0 Å². The number of rotatable bonds is 6. The number of nitrogens with one attached hydrogen (secondary N) is 2. The molecule has 2 fully saturated rings. The molecule has 1 aromatic heterocycles. The third-order valence-corrected chi connectivity index (χ3v) is 6.21. The Morgan fingerprint density at radius 2 is 2.16 bits per heavy atom. The molecule has 2 aliphatic heterocycles. The summed E-state index contributed by atoms with van der Waals surface area (Å²) in [5.74, 6) is 2.46. The minimum absolute atomic E-state index is 0.226. The minimum atomic E-state index is 0.226. The van der Waals surface area contributed by atoms with Crippen LogP contribution in [0.5, 0.6) is 0 Å². The first-order valence-electron chi connectivity index (χ1n) is 11.4. The molecule has 9 heteroatoms. The normalized spacial score (nSPS) is 21.4. The van der Waals surface area contributed by atoms with E-state index in [0.29, 0.717) is 6.54 Å². The van der Waals surface area contributed by atoms with E-state index in [2.05, 4.69) is 31.8 Å². The van der Waals surface area contributed by atoms with E-state index in [0.717, 1.165) is 80.8 Å².